The molecule has 0 radical (unpaired) electrons. The topological polar surface area (TPSA) is 87.7 Å². The second-order valence-corrected chi connectivity index (χ2v) is 5.59. The van der Waals surface area contributed by atoms with Crippen molar-refractivity contribution in [2.75, 3.05) is 26.3 Å². The van der Waals surface area contributed by atoms with Crippen LogP contribution in [0.25, 0.3) is 0 Å². The minimum absolute atomic E-state index is 0.0608. The molecule has 0 bridgehead atoms. The molecular weight excluding hydrogens is 272 g/mol. The quantitative estimate of drug-likeness (QED) is 0.538. The number of carbonyl (C=O) groups excluding carboxylic acids is 1. The van der Waals surface area contributed by atoms with Gasteiger partial charge in [-0.1, -0.05) is 19.8 Å². The first-order valence-corrected chi connectivity index (χ1v) is 7.97. The molecule has 1 rings (SSSR count). The number of hydrogen-bond acceptors (Lipinski definition) is 3. The van der Waals surface area contributed by atoms with E-state index in [0.29, 0.717) is 19.7 Å². The molecule has 0 aliphatic heterocycles. The van der Waals surface area contributed by atoms with Crippen LogP contribution in [0.5, 0.6) is 0 Å². The zero-order valence-electron chi connectivity index (χ0n) is 12.9. The van der Waals surface area contributed by atoms with Gasteiger partial charge in [0.1, 0.15) is 0 Å². The highest BCUT2D eigenvalue weighted by atomic mass is 16.5. The van der Waals surface area contributed by atoms with Crippen molar-refractivity contribution >= 4 is 12.0 Å². The molecule has 0 spiro atoms. The predicted molar refractivity (Wildman–Crippen MR) is 80.2 cm³/mol. The Labute approximate surface area is 126 Å². The number of amides is 2. The van der Waals surface area contributed by atoms with Gasteiger partial charge in [0.2, 0.25) is 0 Å². The number of carbonyl (C=O) groups is 2. The Kier molecular flexibility index (Phi) is 8.82. The Hall–Kier alpha value is -1.30. The maximum Gasteiger partial charge on any atom is 0.314 e. The van der Waals surface area contributed by atoms with Crippen molar-refractivity contribution in [3.05, 3.63) is 0 Å². The van der Waals surface area contributed by atoms with Gasteiger partial charge in [-0.3, -0.25) is 4.79 Å². The summed E-state index contributed by atoms with van der Waals surface area (Å²) < 4.78 is 5.40. The van der Waals surface area contributed by atoms with Crippen LogP contribution < -0.4 is 10.6 Å². The summed E-state index contributed by atoms with van der Waals surface area (Å²) in [7, 11) is 0. The van der Waals surface area contributed by atoms with E-state index in [9.17, 15) is 9.59 Å². The lowest BCUT2D eigenvalue weighted by Gasteiger charge is -2.16. The number of carboxylic acids is 1. The molecule has 0 aromatic carbocycles. The van der Waals surface area contributed by atoms with Gasteiger partial charge < -0.3 is 20.5 Å². The van der Waals surface area contributed by atoms with Crippen LogP contribution >= 0.6 is 0 Å². The SMILES string of the molecule is CCCCOCCCNC(=O)NCC1CCCC1C(=O)O. The van der Waals surface area contributed by atoms with Gasteiger partial charge in [0, 0.05) is 26.3 Å². The highest BCUT2D eigenvalue weighted by Gasteiger charge is 2.32. The fourth-order valence-corrected chi connectivity index (χ4v) is 2.62. The molecule has 1 fully saturated rings. The lowest BCUT2D eigenvalue weighted by atomic mass is 9.96. The van der Waals surface area contributed by atoms with E-state index in [4.69, 9.17) is 9.84 Å². The van der Waals surface area contributed by atoms with Gasteiger partial charge >= 0.3 is 12.0 Å². The van der Waals surface area contributed by atoms with E-state index in [1.807, 2.05) is 0 Å². The zero-order chi connectivity index (χ0) is 15.5. The Balaban J connectivity index is 2.02. The molecule has 3 N–H and O–H groups in total. The van der Waals surface area contributed by atoms with Crippen molar-refractivity contribution < 1.29 is 19.4 Å². The molecule has 2 unspecified atom stereocenters. The van der Waals surface area contributed by atoms with Crippen LogP contribution in [0.15, 0.2) is 0 Å². The summed E-state index contributed by atoms with van der Waals surface area (Å²) in [6.07, 6.45) is 5.51. The Bertz CT molecular complexity index is 323. The fraction of sp³-hybridized carbons (Fsp3) is 0.867. The number of carboxylic acid groups (broad SMARTS) is 1. The first kappa shape index (κ1) is 17.8. The first-order chi connectivity index (χ1) is 10.1. The molecule has 122 valence electrons. The standard InChI is InChI=1S/C15H28N2O4/c1-2-3-9-21-10-5-8-16-15(20)17-11-12-6-4-7-13(12)14(18)19/h12-13H,2-11H2,1H3,(H,18,19)(H2,16,17,20). The van der Waals surface area contributed by atoms with E-state index >= 15 is 0 Å². The lowest BCUT2D eigenvalue weighted by Crippen LogP contribution is -2.40. The van der Waals surface area contributed by atoms with Gasteiger partial charge in [0.25, 0.3) is 0 Å². The van der Waals surface area contributed by atoms with E-state index < -0.39 is 5.97 Å². The number of rotatable bonds is 10. The summed E-state index contributed by atoms with van der Waals surface area (Å²) in [6.45, 7) is 4.57. The van der Waals surface area contributed by atoms with Gasteiger partial charge in [0.05, 0.1) is 5.92 Å². The number of nitrogens with one attached hydrogen (secondary N) is 2. The van der Waals surface area contributed by atoms with E-state index in [1.165, 1.54) is 0 Å². The first-order valence-electron chi connectivity index (χ1n) is 7.97. The molecule has 2 amide bonds. The van der Waals surface area contributed by atoms with Gasteiger partial charge in [-0.25, -0.2) is 4.79 Å². The molecule has 21 heavy (non-hydrogen) atoms. The maximum atomic E-state index is 11.6. The summed E-state index contributed by atoms with van der Waals surface area (Å²) in [6, 6.07) is -0.223. The minimum Gasteiger partial charge on any atom is -0.481 e. The molecule has 6 heteroatoms. The predicted octanol–water partition coefficient (Wildman–Crippen LogP) is 1.99. The summed E-state index contributed by atoms with van der Waals surface area (Å²) in [4.78, 5) is 22.6. The highest BCUT2D eigenvalue weighted by Crippen LogP contribution is 2.31. The van der Waals surface area contributed by atoms with Crippen molar-refractivity contribution in [2.45, 2.75) is 45.4 Å². The molecule has 0 heterocycles. The van der Waals surface area contributed by atoms with Crippen molar-refractivity contribution in [1.82, 2.24) is 10.6 Å². The average molecular weight is 300 g/mol. The third-order valence-electron chi connectivity index (χ3n) is 3.89. The molecule has 1 aliphatic carbocycles. The number of urea groups is 1. The summed E-state index contributed by atoms with van der Waals surface area (Å²) in [5, 5.41) is 14.6. The summed E-state index contributed by atoms with van der Waals surface area (Å²) in [5.74, 6) is -0.994. The van der Waals surface area contributed by atoms with Crippen LogP contribution in [0.3, 0.4) is 0 Å². The smallest absolute Gasteiger partial charge is 0.314 e. The lowest BCUT2D eigenvalue weighted by molar-refractivity contribution is -0.142. The average Bonchev–Trinajstić information content (AvgIpc) is 2.93. The number of aliphatic carboxylic acids is 1. The van der Waals surface area contributed by atoms with E-state index in [1.54, 1.807) is 0 Å². The van der Waals surface area contributed by atoms with Gasteiger partial charge in [0.15, 0.2) is 0 Å². The fourth-order valence-electron chi connectivity index (χ4n) is 2.62. The Morgan fingerprint density at radius 1 is 1.19 bits per heavy atom. The van der Waals surface area contributed by atoms with E-state index in [-0.39, 0.29) is 17.9 Å². The van der Waals surface area contributed by atoms with Crippen LogP contribution in [0, 0.1) is 11.8 Å². The second-order valence-electron chi connectivity index (χ2n) is 5.59. The van der Waals surface area contributed by atoms with Crippen LogP contribution in [-0.2, 0) is 9.53 Å². The molecule has 2 atom stereocenters. The highest BCUT2D eigenvalue weighted by molar-refractivity contribution is 5.74. The molecule has 0 aromatic heterocycles. The molecular formula is C15H28N2O4. The van der Waals surface area contributed by atoms with Crippen molar-refractivity contribution in [3.8, 4) is 0 Å². The Morgan fingerprint density at radius 3 is 2.67 bits per heavy atom. The maximum absolute atomic E-state index is 11.6. The molecule has 6 nitrogen and oxygen atoms in total. The van der Waals surface area contributed by atoms with E-state index in [0.717, 1.165) is 45.1 Å². The van der Waals surface area contributed by atoms with Crippen LogP contribution in [0.1, 0.15) is 45.4 Å². The Morgan fingerprint density at radius 2 is 1.95 bits per heavy atom. The van der Waals surface area contributed by atoms with Crippen molar-refractivity contribution in [1.29, 1.82) is 0 Å². The van der Waals surface area contributed by atoms with Crippen LogP contribution in [-0.4, -0.2) is 43.4 Å². The van der Waals surface area contributed by atoms with Crippen molar-refractivity contribution in [3.63, 3.8) is 0 Å². The van der Waals surface area contributed by atoms with Gasteiger partial charge in [-0.2, -0.15) is 0 Å². The summed E-state index contributed by atoms with van der Waals surface area (Å²) >= 11 is 0. The second kappa shape index (κ2) is 10.4. The third kappa shape index (κ3) is 7.32. The van der Waals surface area contributed by atoms with Gasteiger partial charge in [-0.15, -0.1) is 0 Å². The molecule has 0 saturated heterocycles. The van der Waals surface area contributed by atoms with Gasteiger partial charge in [-0.05, 0) is 31.6 Å². The monoisotopic (exact) mass is 300 g/mol. The van der Waals surface area contributed by atoms with Crippen LogP contribution in [0.2, 0.25) is 0 Å². The summed E-state index contributed by atoms with van der Waals surface area (Å²) in [5.41, 5.74) is 0. The molecule has 1 aliphatic rings. The van der Waals surface area contributed by atoms with Crippen LogP contribution in [0.4, 0.5) is 4.79 Å². The minimum atomic E-state index is -0.746. The number of hydrogen-bond donors (Lipinski definition) is 3. The molecule has 0 aromatic rings. The number of unbranched alkanes of at least 4 members (excludes halogenated alkanes) is 1. The molecule has 1 saturated carbocycles. The third-order valence-corrected chi connectivity index (χ3v) is 3.89. The van der Waals surface area contributed by atoms with E-state index in [2.05, 4.69) is 17.6 Å². The normalized spacial score (nSPS) is 21.2. The number of ether oxygens (including phenoxy) is 1. The zero-order valence-corrected chi connectivity index (χ0v) is 12.9. The largest absolute Gasteiger partial charge is 0.481 e. The van der Waals surface area contributed by atoms with Crippen molar-refractivity contribution in [2.24, 2.45) is 11.8 Å².